The molecule has 4 nitrogen and oxygen atoms in total. The van der Waals surface area contributed by atoms with Gasteiger partial charge in [-0.2, -0.15) is 0 Å². The Kier molecular flexibility index (Phi) is 4.42. The van der Waals surface area contributed by atoms with Crippen molar-refractivity contribution in [1.82, 2.24) is 4.90 Å². The third kappa shape index (κ3) is 3.26. The van der Waals surface area contributed by atoms with Crippen LogP contribution in [0.5, 0.6) is 0 Å². The SMILES string of the molecule is O=C(O)c1ccccc1C(=O)N1CCC(c2ccccc2)CC1. The van der Waals surface area contributed by atoms with Gasteiger partial charge in [-0.1, -0.05) is 42.5 Å². The zero-order valence-corrected chi connectivity index (χ0v) is 12.8. The molecule has 1 N–H and O–H groups in total. The molecule has 0 radical (unpaired) electrons. The predicted octanol–water partition coefficient (Wildman–Crippen LogP) is 3.40. The van der Waals surface area contributed by atoms with E-state index in [4.69, 9.17) is 0 Å². The number of carbonyl (C=O) groups excluding carboxylic acids is 1. The van der Waals surface area contributed by atoms with Gasteiger partial charge in [-0.3, -0.25) is 4.79 Å². The lowest BCUT2D eigenvalue weighted by Gasteiger charge is -2.32. The number of benzene rings is 2. The molecule has 0 saturated carbocycles. The first-order valence-electron chi connectivity index (χ1n) is 7.83. The fraction of sp³-hybridized carbons (Fsp3) is 0.263. The maximum atomic E-state index is 12.6. The summed E-state index contributed by atoms with van der Waals surface area (Å²) in [6.07, 6.45) is 1.82. The van der Waals surface area contributed by atoms with Crippen LogP contribution in [0.2, 0.25) is 0 Å². The highest BCUT2D eigenvalue weighted by molar-refractivity contribution is 6.04. The molecule has 4 heteroatoms. The average molecular weight is 309 g/mol. The summed E-state index contributed by atoms with van der Waals surface area (Å²) in [5.74, 6) is -0.780. The van der Waals surface area contributed by atoms with E-state index < -0.39 is 5.97 Å². The van der Waals surface area contributed by atoms with Crippen LogP contribution in [0.3, 0.4) is 0 Å². The van der Waals surface area contributed by atoms with Crippen LogP contribution in [0.15, 0.2) is 54.6 Å². The standard InChI is InChI=1S/C19H19NO3/c21-18(16-8-4-5-9-17(16)19(22)23)20-12-10-15(11-13-20)14-6-2-1-3-7-14/h1-9,15H,10-13H2,(H,22,23). The average Bonchev–Trinajstić information content (AvgIpc) is 2.62. The van der Waals surface area contributed by atoms with E-state index in [1.165, 1.54) is 11.6 Å². The summed E-state index contributed by atoms with van der Waals surface area (Å²) in [6.45, 7) is 1.32. The van der Waals surface area contributed by atoms with Crippen molar-refractivity contribution < 1.29 is 14.7 Å². The third-order valence-corrected chi connectivity index (χ3v) is 4.44. The fourth-order valence-electron chi connectivity index (χ4n) is 3.17. The summed E-state index contributed by atoms with van der Waals surface area (Å²) in [5, 5.41) is 9.23. The Hall–Kier alpha value is -2.62. The second-order valence-electron chi connectivity index (χ2n) is 5.83. The van der Waals surface area contributed by atoms with Gasteiger partial charge < -0.3 is 10.0 Å². The summed E-state index contributed by atoms with van der Waals surface area (Å²) in [4.78, 5) is 25.7. The van der Waals surface area contributed by atoms with Crippen LogP contribution in [0.25, 0.3) is 0 Å². The normalized spacial score (nSPS) is 15.4. The van der Waals surface area contributed by atoms with Gasteiger partial charge in [-0.15, -0.1) is 0 Å². The van der Waals surface area contributed by atoms with Crippen LogP contribution in [-0.2, 0) is 0 Å². The molecule has 1 fully saturated rings. The zero-order valence-electron chi connectivity index (χ0n) is 12.8. The monoisotopic (exact) mass is 309 g/mol. The lowest BCUT2D eigenvalue weighted by atomic mass is 9.89. The van der Waals surface area contributed by atoms with E-state index in [0.717, 1.165) is 12.8 Å². The minimum atomic E-state index is -1.06. The van der Waals surface area contributed by atoms with Crippen molar-refractivity contribution in [3.63, 3.8) is 0 Å². The van der Waals surface area contributed by atoms with Gasteiger partial charge in [-0.05, 0) is 36.5 Å². The number of amides is 1. The first-order valence-corrected chi connectivity index (χ1v) is 7.83. The van der Waals surface area contributed by atoms with Crippen molar-refractivity contribution >= 4 is 11.9 Å². The number of rotatable bonds is 3. The van der Waals surface area contributed by atoms with Crippen molar-refractivity contribution in [2.24, 2.45) is 0 Å². The Morgan fingerprint density at radius 1 is 0.870 bits per heavy atom. The summed E-state index contributed by atoms with van der Waals surface area (Å²) >= 11 is 0. The molecule has 0 bridgehead atoms. The minimum Gasteiger partial charge on any atom is -0.478 e. The molecule has 2 aromatic rings. The Labute approximate surface area is 135 Å². The fourth-order valence-corrected chi connectivity index (χ4v) is 3.17. The number of carboxylic acids is 1. The van der Waals surface area contributed by atoms with Crippen LogP contribution in [-0.4, -0.2) is 35.0 Å². The smallest absolute Gasteiger partial charge is 0.336 e. The molecule has 1 aliphatic rings. The molecule has 0 unspecified atom stereocenters. The maximum absolute atomic E-state index is 12.6. The first-order chi connectivity index (χ1) is 11.2. The highest BCUT2D eigenvalue weighted by Crippen LogP contribution is 2.28. The van der Waals surface area contributed by atoms with Gasteiger partial charge in [-0.25, -0.2) is 4.79 Å². The van der Waals surface area contributed by atoms with E-state index >= 15 is 0 Å². The van der Waals surface area contributed by atoms with E-state index in [2.05, 4.69) is 12.1 Å². The molecule has 3 rings (SSSR count). The van der Waals surface area contributed by atoms with Gasteiger partial charge in [0.15, 0.2) is 0 Å². The molecule has 2 aromatic carbocycles. The van der Waals surface area contributed by atoms with Gasteiger partial charge in [0.25, 0.3) is 5.91 Å². The van der Waals surface area contributed by atoms with Gasteiger partial charge in [0.1, 0.15) is 0 Å². The van der Waals surface area contributed by atoms with Crippen molar-refractivity contribution in [2.75, 3.05) is 13.1 Å². The molecule has 1 amide bonds. The van der Waals surface area contributed by atoms with Crippen LogP contribution in [0.1, 0.15) is 45.0 Å². The number of carbonyl (C=O) groups is 2. The topological polar surface area (TPSA) is 57.6 Å². The lowest BCUT2D eigenvalue weighted by molar-refractivity contribution is 0.0662. The molecule has 0 aliphatic carbocycles. The number of nitrogens with zero attached hydrogens (tertiary/aromatic N) is 1. The molecule has 0 aromatic heterocycles. The van der Waals surface area contributed by atoms with Crippen molar-refractivity contribution in [3.8, 4) is 0 Å². The molecule has 0 spiro atoms. The van der Waals surface area contributed by atoms with Crippen molar-refractivity contribution in [1.29, 1.82) is 0 Å². The summed E-state index contributed by atoms with van der Waals surface area (Å²) < 4.78 is 0. The van der Waals surface area contributed by atoms with Crippen LogP contribution in [0, 0.1) is 0 Å². The van der Waals surface area contributed by atoms with Gasteiger partial charge in [0, 0.05) is 13.1 Å². The molecule has 118 valence electrons. The Balaban J connectivity index is 1.71. The van der Waals surface area contributed by atoms with Gasteiger partial charge in [0.05, 0.1) is 11.1 Å². The molecule has 1 heterocycles. The summed E-state index contributed by atoms with van der Waals surface area (Å²) in [7, 11) is 0. The highest BCUT2D eigenvalue weighted by atomic mass is 16.4. The molecule has 0 atom stereocenters. The van der Waals surface area contributed by atoms with Crippen molar-refractivity contribution in [3.05, 3.63) is 71.3 Å². The summed E-state index contributed by atoms with van der Waals surface area (Å²) in [5.41, 5.74) is 1.66. The number of hydrogen-bond donors (Lipinski definition) is 1. The molecular formula is C19H19NO3. The van der Waals surface area contributed by atoms with E-state index in [1.807, 2.05) is 18.2 Å². The van der Waals surface area contributed by atoms with Crippen LogP contribution >= 0.6 is 0 Å². The van der Waals surface area contributed by atoms with Crippen molar-refractivity contribution in [2.45, 2.75) is 18.8 Å². The molecule has 1 aliphatic heterocycles. The number of likely N-dealkylation sites (tertiary alicyclic amines) is 1. The van der Waals surface area contributed by atoms with Gasteiger partial charge >= 0.3 is 5.97 Å². The largest absolute Gasteiger partial charge is 0.478 e. The Morgan fingerprint density at radius 2 is 1.43 bits per heavy atom. The van der Waals surface area contributed by atoms with E-state index in [-0.39, 0.29) is 17.0 Å². The van der Waals surface area contributed by atoms with Crippen LogP contribution < -0.4 is 0 Å². The number of piperidine rings is 1. The van der Waals surface area contributed by atoms with Crippen LogP contribution in [0.4, 0.5) is 0 Å². The number of aromatic carboxylic acids is 1. The van der Waals surface area contributed by atoms with Gasteiger partial charge in [0.2, 0.25) is 0 Å². The van der Waals surface area contributed by atoms with E-state index in [9.17, 15) is 14.7 Å². The Morgan fingerprint density at radius 3 is 2.04 bits per heavy atom. The zero-order chi connectivity index (χ0) is 16.2. The highest BCUT2D eigenvalue weighted by Gasteiger charge is 2.26. The Bertz CT molecular complexity index is 704. The quantitative estimate of drug-likeness (QED) is 0.945. The molecule has 1 saturated heterocycles. The second kappa shape index (κ2) is 6.65. The lowest BCUT2D eigenvalue weighted by Crippen LogP contribution is -2.38. The molecule has 23 heavy (non-hydrogen) atoms. The number of carboxylic acid groups (broad SMARTS) is 1. The third-order valence-electron chi connectivity index (χ3n) is 4.44. The second-order valence-corrected chi connectivity index (χ2v) is 5.83. The minimum absolute atomic E-state index is 0.0719. The van der Waals surface area contributed by atoms with E-state index in [1.54, 1.807) is 23.1 Å². The number of hydrogen-bond acceptors (Lipinski definition) is 2. The van der Waals surface area contributed by atoms with E-state index in [0.29, 0.717) is 19.0 Å². The first kappa shape index (κ1) is 15.3. The molecular weight excluding hydrogens is 290 g/mol. The predicted molar refractivity (Wildman–Crippen MR) is 87.7 cm³/mol. The summed E-state index contributed by atoms with van der Waals surface area (Å²) in [6, 6.07) is 16.8. The maximum Gasteiger partial charge on any atom is 0.336 e.